The van der Waals surface area contributed by atoms with Gasteiger partial charge in [-0.1, -0.05) is 0 Å². The van der Waals surface area contributed by atoms with Gasteiger partial charge in [0.25, 0.3) is 5.56 Å². The van der Waals surface area contributed by atoms with E-state index in [1.54, 1.807) is 4.57 Å². The van der Waals surface area contributed by atoms with Crippen molar-refractivity contribution in [3.8, 4) is 0 Å². The summed E-state index contributed by atoms with van der Waals surface area (Å²) < 4.78 is 15.7. The second kappa shape index (κ2) is 4.29. The minimum atomic E-state index is -0.401. The highest BCUT2D eigenvalue weighted by molar-refractivity contribution is 9.10. The Morgan fingerprint density at radius 3 is 2.76 bits per heavy atom. The lowest BCUT2D eigenvalue weighted by Gasteiger charge is -2.18. The molecular formula is C15H15BrFN3O. The summed E-state index contributed by atoms with van der Waals surface area (Å²) >= 11 is 3.21. The van der Waals surface area contributed by atoms with Crippen LogP contribution in [0.3, 0.4) is 0 Å². The normalized spacial score (nSPS) is 19.8. The second-order valence-corrected chi connectivity index (χ2v) is 7.08. The van der Waals surface area contributed by atoms with Gasteiger partial charge >= 0.3 is 0 Å². The minimum absolute atomic E-state index is 0.0174. The first kappa shape index (κ1) is 13.2. The molecule has 4 nitrogen and oxygen atoms in total. The molecule has 1 aromatic heterocycles. The Kier molecular flexibility index (Phi) is 2.70. The van der Waals surface area contributed by atoms with Crippen LogP contribution >= 0.6 is 15.9 Å². The molecule has 2 saturated carbocycles. The van der Waals surface area contributed by atoms with Crippen molar-refractivity contribution in [1.29, 1.82) is 0 Å². The van der Waals surface area contributed by atoms with Crippen molar-refractivity contribution in [2.75, 3.05) is 5.32 Å². The molecule has 4 rings (SSSR count). The maximum atomic E-state index is 13.7. The van der Waals surface area contributed by atoms with Gasteiger partial charge < -0.3 is 5.32 Å². The third-order valence-electron chi connectivity index (χ3n) is 4.29. The van der Waals surface area contributed by atoms with Gasteiger partial charge in [0.2, 0.25) is 5.95 Å². The Morgan fingerprint density at radius 2 is 2.14 bits per heavy atom. The van der Waals surface area contributed by atoms with E-state index in [0.29, 0.717) is 16.9 Å². The molecule has 1 aromatic carbocycles. The zero-order chi connectivity index (χ0) is 14.8. The first-order valence-electron chi connectivity index (χ1n) is 7.17. The number of anilines is 1. The molecule has 1 N–H and O–H groups in total. The van der Waals surface area contributed by atoms with E-state index in [2.05, 4.69) is 33.2 Å². The van der Waals surface area contributed by atoms with Gasteiger partial charge in [-0.15, -0.1) is 0 Å². The summed E-state index contributed by atoms with van der Waals surface area (Å²) in [6.45, 7) is 2.11. The Hall–Kier alpha value is -1.43. The average molecular weight is 352 g/mol. The fraction of sp³-hybridized carbons (Fsp3) is 0.467. The van der Waals surface area contributed by atoms with Gasteiger partial charge in [0.1, 0.15) is 5.82 Å². The summed E-state index contributed by atoms with van der Waals surface area (Å²) in [7, 11) is 0. The Bertz CT molecular complexity index is 809. The number of hydrogen-bond acceptors (Lipinski definition) is 3. The van der Waals surface area contributed by atoms with E-state index < -0.39 is 5.82 Å². The van der Waals surface area contributed by atoms with Crippen LogP contribution in [0.5, 0.6) is 0 Å². The van der Waals surface area contributed by atoms with Crippen molar-refractivity contribution in [2.45, 2.75) is 44.2 Å². The van der Waals surface area contributed by atoms with Gasteiger partial charge in [0, 0.05) is 11.6 Å². The number of halogens is 2. The van der Waals surface area contributed by atoms with Gasteiger partial charge in [-0.2, -0.15) is 0 Å². The molecule has 2 aliphatic carbocycles. The van der Waals surface area contributed by atoms with Crippen LogP contribution in [0.15, 0.2) is 21.4 Å². The molecule has 0 saturated heterocycles. The summed E-state index contributed by atoms with van der Waals surface area (Å²) in [5.74, 6) is 0.170. The third kappa shape index (κ3) is 2.16. The van der Waals surface area contributed by atoms with E-state index in [1.165, 1.54) is 12.1 Å². The van der Waals surface area contributed by atoms with Crippen molar-refractivity contribution < 1.29 is 4.39 Å². The van der Waals surface area contributed by atoms with E-state index in [9.17, 15) is 9.18 Å². The molecule has 0 spiro atoms. The fourth-order valence-electron chi connectivity index (χ4n) is 2.55. The number of fused-ring (bicyclic) bond motifs is 1. The molecule has 110 valence electrons. The van der Waals surface area contributed by atoms with Crippen molar-refractivity contribution in [1.82, 2.24) is 9.55 Å². The molecule has 0 radical (unpaired) electrons. The fourth-order valence-corrected chi connectivity index (χ4v) is 2.98. The van der Waals surface area contributed by atoms with E-state index in [1.807, 2.05) is 0 Å². The molecule has 21 heavy (non-hydrogen) atoms. The molecule has 0 atom stereocenters. The maximum absolute atomic E-state index is 13.7. The molecule has 0 amide bonds. The van der Waals surface area contributed by atoms with E-state index >= 15 is 0 Å². The first-order valence-corrected chi connectivity index (χ1v) is 7.96. The van der Waals surface area contributed by atoms with E-state index in [-0.39, 0.29) is 21.6 Å². The maximum Gasteiger partial charge on any atom is 0.263 e. The van der Waals surface area contributed by atoms with Gasteiger partial charge in [0.15, 0.2) is 0 Å². The van der Waals surface area contributed by atoms with Gasteiger partial charge in [-0.3, -0.25) is 9.36 Å². The van der Waals surface area contributed by atoms with E-state index in [0.717, 1.165) is 25.7 Å². The summed E-state index contributed by atoms with van der Waals surface area (Å²) in [6.07, 6.45) is 4.13. The second-order valence-electron chi connectivity index (χ2n) is 6.28. The Morgan fingerprint density at radius 1 is 1.43 bits per heavy atom. The minimum Gasteiger partial charge on any atom is -0.350 e. The lowest BCUT2D eigenvalue weighted by Crippen LogP contribution is -2.28. The SMILES string of the molecule is CC1(Nc2nc3c(Br)c(F)ccc3c(=O)n2C2CC2)CC1. The van der Waals surface area contributed by atoms with E-state index in [4.69, 9.17) is 0 Å². The van der Waals surface area contributed by atoms with Gasteiger partial charge in [-0.25, -0.2) is 9.37 Å². The molecule has 0 unspecified atom stereocenters. The lowest BCUT2D eigenvalue weighted by molar-refractivity contribution is 0.622. The molecule has 2 aromatic rings. The molecule has 2 aliphatic rings. The van der Waals surface area contributed by atoms with Crippen LogP contribution in [0, 0.1) is 5.82 Å². The predicted molar refractivity (Wildman–Crippen MR) is 83.2 cm³/mol. The van der Waals surface area contributed by atoms with Crippen LogP contribution in [-0.2, 0) is 0 Å². The molecular weight excluding hydrogens is 337 g/mol. The van der Waals surface area contributed by atoms with Crippen molar-refractivity contribution in [2.24, 2.45) is 0 Å². The molecule has 1 heterocycles. The van der Waals surface area contributed by atoms with Crippen LogP contribution in [0.4, 0.5) is 10.3 Å². The van der Waals surface area contributed by atoms with Crippen LogP contribution < -0.4 is 10.9 Å². The number of hydrogen-bond donors (Lipinski definition) is 1. The van der Waals surface area contributed by atoms with Gasteiger partial charge in [-0.05, 0) is 60.7 Å². The molecule has 2 fully saturated rings. The Balaban J connectivity index is 1.99. The zero-order valence-corrected chi connectivity index (χ0v) is 13.2. The molecule has 6 heteroatoms. The van der Waals surface area contributed by atoms with Crippen molar-refractivity contribution >= 4 is 32.8 Å². The van der Waals surface area contributed by atoms with Crippen LogP contribution in [0.1, 0.15) is 38.6 Å². The predicted octanol–water partition coefficient (Wildman–Crippen LogP) is 3.60. The zero-order valence-electron chi connectivity index (χ0n) is 11.6. The highest BCUT2D eigenvalue weighted by Crippen LogP contribution is 2.41. The van der Waals surface area contributed by atoms with Gasteiger partial charge in [0.05, 0.1) is 15.4 Å². The smallest absolute Gasteiger partial charge is 0.263 e. The number of aromatic nitrogens is 2. The molecule has 0 bridgehead atoms. The summed E-state index contributed by atoms with van der Waals surface area (Å²) in [4.78, 5) is 17.3. The average Bonchev–Trinajstić information content (AvgIpc) is 3.34. The number of nitrogens with zero attached hydrogens (tertiary/aromatic N) is 2. The standard InChI is InChI=1S/C15H15BrFN3O/c1-15(6-7-15)19-14-18-12-9(4-5-10(17)11(12)16)13(21)20(14)8-2-3-8/h4-5,8H,2-3,6-7H2,1H3,(H,18,19). The highest BCUT2D eigenvalue weighted by atomic mass is 79.9. The lowest BCUT2D eigenvalue weighted by atomic mass is 10.2. The van der Waals surface area contributed by atoms with Crippen molar-refractivity contribution in [3.05, 3.63) is 32.8 Å². The van der Waals surface area contributed by atoms with Crippen LogP contribution in [0.25, 0.3) is 10.9 Å². The van der Waals surface area contributed by atoms with Crippen LogP contribution in [-0.4, -0.2) is 15.1 Å². The Labute approximate surface area is 129 Å². The quantitative estimate of drug-likeness (QED) is 0.918. The highest BCUT2D eigenvalue weighted by Gasteiger charge is 2.39. The number of nitrogens with one attached hydrogen (secondary N) is 1. The third-order valence-corrected chi connectivity index (χ3v) is 5.04. The summed E-state index contributed by atoms with van der Waals surface area (Å²) in [5.41, 5.74) is 0.322. The van der Waals surface area contributed by atoms with Crippen molar-refractivity contribution in [3.63, 3.8) is 0 Å². The first-order chi connectivity index (χ1) is 9.98. The largest absolute Gasteiger partial charge is 0.350 e. The number of rotatable bonds is 3. The van der Waals surface area contributed by atoms with Crippen LogP contribution in [0.2, 0.25) is 0 Å². The topological polar surface area (TPSA) is 46.9 Å². The number of benzene rings is 1. The monoisotopic (exact) mass is 351 g/mol. The summed E-state index contributed by atoms with van der Waals surface area (Å²) in [6, 6.07) is 3.05. The summed E-state index contributed by atoms with van der Waals surface area (Å²) in [5, 5.41) is 3.83. The molecule has 0 aliphatic heterocycles.